The number of para-hydroxylation sites is 1. The summed E-state index contributed by atoms with van der Waals surface area (Å²) >= 11 is 0. The van der Waals surface area contributed by atoms with Crippen molar-refractivity contribution in [2.24, 2.45) is 5.92 Å². The van der Waals surface area contributed by atoms with E-state index in [2.05, 4.69) is 17.6 Å². The molecule has 7 heteroatoms. The van der Waals surface area contributed by atoms with Crippen LogP contribution in [-0.2, 0) is 14.3 Å². The predicted octanol–water partition coefficient (Wildman–Crippen LogP) is 2.05. The maximum Gasteiger partial charge on any atom is 0.326 e. The fourth-order valence-corrected chi connectivity index (χ4v) is 3.20. The molecule has 7 nitrogen and oxygen atoms in total. The van der Waals surface area contributed by atoms with Crippen LogP contribution in [0, 0.1) is 5.92 Å². The van der Waals surface area contributed by atoms with Crippen LogP contribution in [0.25, 0.3) is 0 Å². The van der Waals surface area contributed by atoms with E-state index in [0.29, 0.717) is 17.2 Å². The third-order valence-corrected chi connectivity index (χ3v) is 4.86. The highest BCUT2D eigenvalue weighted by Crippen LogP contribution is 2.23. The average Bonchev–Trinajstić information content (AvgIpc) is 2.67. The Balaban J connectivity index is 1.79. The minimum atomic E-state index is -0.908. The van der Waals surface area contributed by atoms with Crippen molar-refractivity contribution < 1.29 is 23.9 Å². The SMILES string of the molecule is COc1ccccc1C(=O)NCC(=O)O[C@H](C)C(=O)N[C@H]1CCCC[C@H]1C. The van der Waals surface area contributed by atoms with E-state index < -0.39 is 18.0 Å². The van der Waals surface area contributed by atoms with E-state index in [4.69, 9.17) is 9.47 Å². The third kappa shape index (κ3) is 5.98. The van der Waals surface area contributed by atoms with Crippen LogP contribution in [0.2, 0.25) is 0 Å². The third-order valence-electron chi connectivity index (χ3n) is 4.86. The highest BCUT2D eigenvalue weighted by Gasteiger charge is 2.26. The van der Waals surface area contributed by atoms with Gasteiger partial charge >= 0.3 is 5.97 Å². The van der Waals surface area contributed by atoms with Gasteiger partial charge in [0.25, 0.3) is 11.8 Å². The van der Waals surface area contributed by atoms with Crippen LogP contribution in [0.5, 0.6) is 5.75 Å². The molecule has 0 spiro atoms. The number of amides is 2. The van der Waals surface area contributed by atoms with Crippen molar-refractivity contribution in [3.63, 3.8) is 0 Å². The molecular formula is C20H28N2O5. The second kappa shape index (κ2) is 9.94. The fourth-order valence-electron chi connectivity index (χ4n) is 3.20. The zero-order valence-corrected chi connectivity index (χ0v) is 16.1. The summed E-state index contributed by atoms with van der Waals surface area (Å²) in [6.07, 6.45) is 3.41. The maximum atomic E-state index is 12.2. The minimum Gasteiger partial charge on any atom is -0.496 e. The van der Waals surface area contributed by atoms with Crippen molar-refractivity contribution in [3.8, 4) is 5.75 Å². The Morgan fingerprint density at radius 1 is 1.19 bits per heavy atom. The van der Waals surface area contributed by atoms with Gasteiger partial charge in [0, 0.05) is 6.04 Å². The second-order valence-corrected chi connectivity index (χ2v) is 6.89. The molecule has 0 aromatic heterocycles. The van der Waals surface area contributed by atoms with E-state index in [9.17, 15) is 14.4 Å². The van der Waals surface area contributed by atoms with Crippen LogP contribution in [0.3, 0.4) is 0 Å². The molecule has 1 aromatic rings. The molecule has 2 N–H and O–H groups in total. The lowest BCUT2D eigenvalue weighted by molar-refractivity contribution is -0.154. The lowest BCUT2D eigenvalue weighted by Crippen LogP contribution is -2.46. The highest BCUT2D eigenvalue weighted by atomic mass is 16.5. The van der Waals surface area contributed by atoms with Crippen LogP contribution in [-0.4, -0.2) is 43.6 Å². The molecule has 0 saturated heterocycles. The maximum absolute atomic E-state index is 12.2. The van der Waals surface area contributed by atoms with E-state index in [0.717, 1.165) is 19.3 Å². The van der Waals surface area contributed by atoms with Gasteiger partial charge in [0.2, 0.25) is 0 Å². The van der Waals surface area contributed by atoms with Gasteiger partial charge in [-0.1, -0.05) is 31.9 Å². The van der Waals surface area contributed by atoms with Gasteiger partial charge in [0.15, 0.2) is 6.10 Å². The molecule has 1 fully saturated rings. The van der Waals surface area contributed by atoms with E-state index in [1.807, 2.05) is 0 Å². The molecule has 1 aliphatic rings. The van der Waals surface area contributed by atoms with Gasteiger partial charge in [-0.3, -0.25) is 14.4 Å². The molecule has 2 rings (SSSR count). The number of esters is 1. The number of methoxy groups -OCH3 is 1. The van der Waals surface area contributed by atoms with Crippen molar-refractivity contribution in [3.05, 3.63) is 29.8 Å². The summed E-state index contributed by atoms with van der Waals surface area (Å²) in [7, 11) is 1.47. The Kier molecular flexibility index (Phi) is 7.64. The van der Waals surface area contributed by atoms with Crippen molar-refractivity contribution >= 4 is 17.8 Å². The monoisotopic (exact) mass is 376 g/mol. The van der Waals surface area contributed by atoms with Crippen LogP contribution in [0.4, 0.5) is 0 Å². The van der Waals surface area contributed by atoms with Crippen molar-refractivity contribution in [1.82, 2.24) is 10.6 Å². The predicted molar refractivity (Wildman–Crippen MR) is 100 cm³/mol. The summed E-state index contributed by atoms with van der Waals surface area (Å²) in [6, 6.07) is 6.83. The number of carbonyl (C=O) groups excluding carboxylic acids is 3. The molecule has 0 radical (unpaired) electrons. The van der Waals surface area contributed by atoms with E-state index in [-0.39, 0.29) is 18.5 Å². The number of hydrogen-bond donors (Lipinski definition) is 2. The molecule has 0 heterocycles. The molecule has 0 aliphatic heterocycles. The van der Waals surface area contributed by atoms with Gasteiger partial charge in [0.1, 0.15) is 12.3 Å². The Hall–Kier alpha value is -2.57. The van der Waals surface area contributed by atoms with Crippen LogP contribution in [0.1, 0.15) is 49.9 Å². The Morgan fingerprint density at radius 3 is 2.59 bits per heavy atom. The zero-order valence-electron chi connectivity index (χ0n) is 16.1. The molecule has 27 heavy (non-hydrogen) atoms. The summed E-state index contributed by atoms with van der Waals surface area (Å²) in [4.78, 5) is 36.4. The fraction of sp³-hybridized carbons (Fsp3) is 0.550. The first kappa shape index (κ1) is 20.7. The first-order valence-electron chi connectivity index (χ1n) is 9.33. The number of rotatable bonds is 7. The number of ether oxygens (including phenoxy) is 2. The molecule has 1 saturated carbocycles. The zero-order chi connectivity index (χ0) is 19.8. The summed E-state index contributed by atoms with van der Waals surface area (Å²) in [6.45, 7) is 3.32. The molecule has 148 valence electrons. The quantitative estimate of drug-likeness (QED) is 0.711. The van der Waals surface area contributed by atoms with Crippen molar-refractivity contribution in [2.45, 2.75) is 51.7 Å². The first-order valence-corrected chi connectivity index (χ1v) is 9.33. The number of benzene rings is 1. The van der Waals surface area contributed by atoms with Gasteiger partial charge in [-0.25, -0.2) is 0 Å². The summed E-state index contributed by atoms with van der Waals surface area (Å²) in [5, 5.41) is 5.44. The van der Waals surface area contributed by atoms with Gasteiger partial charge < -0.3 is 20.1 Å². The van der Waals surface area contributed by atoms with Crippen LogP contribution in [0.15, 0.2) is 24.3 Å². The molecule has 1 aliphatic carbocycles. The lowest BCUT2D eigenvalue weighted by atomic mass is 9.86. The first-order chi connectivity index (χ1) is 12.9. The van der Waals surface area contributed by atoms with E-state index in [1.54, 1.807) is 24.3 Å². The van der Waals surface area contributed by atoms with E-state index >= 15 is 0 Å². The Labute approximate surface area is 159 Å². The van der Waals surface area contributed by atoms with Crippen LogP contribution < -0.4 is 15.4 Å². The van der Waals surface area contributed by atoms with Gasteiger partial charge in [-0.15, -0.1) is 0 Å². The number of nitrogens with one attached hydrogen (secondary N) is 2. The summed E-state index contributed by atoms with van der Waals surface area (Å²) in [5.41, 5.74) is 0.324. The van der Waals surface area contributed by atoms with Crippen LogP contribution >= 0.6 is 0 Å². The molecule has 3 atom stereocenters. The van der Waals surface area contributed by atoms with Gasteiger partial charge in [0.05, 0.1) is 12.7 Å². The Morgan fingerprint density at radius 2 is 1.89 bits per heavy atom. The minimum absolute atomic E-state index is 0.123. The van der Waals surface area contributed by atoms with Crippen molar-refractivity contribution in [2.75, 3.05) is 13.7 Å². The van der Waals surface area contributed by atoms with Gasteiger partial charge in [-0.05, 0) is 37.8 Å². The smallest absolute Gasteiger partial charge is 0.326 e. The summed E-state index contributed by atoms with van der Waals surface area (Å²) in [5.74, 6) is -0.586. The average molecular weight is 376 g/mol. The molecule has 0 unspecified atom stereocenters. The standard InChI is InChI=1S/C20H28N2O5/c1-13-8-4-6-10-16(13)22-19(24)14(2)27-18(23)12-21-20(25)15-9-5-7-11-17(15)26-3/h5,7,9,11,13-14,16H,4,6,8,10,12H2,1-3H3,(H,21,25)(H,22,24)/t13-,14-,16+/m1/s1. The topological polar surface area (TPSA) is 93.7 Å². The number of hydrogen-bond acceptors (Lipinski definition) is 5. The van der Waals surface area contributed by atoms with Crippen molar-refractivity contribution in [1.29, 1.82) is 0 Å². The summed E-state index contributed by atoms with van der Waals surface area (Å²) < 4.78 is 10.3. The highest BCUT2D eigenvalue weighted by molar-refractivity contribution is 5.98. The largest absolute Gasteiger partial charge is 0.496 e. The Bertz CT molecular complexity index is 676. The molecule has 2 amide bonds. The lowest BCUT2D eigenvalue weighted by Gasteiger charge is -2.30. The molecule has 1 aromatic carbocycles. The normalized spacial score (nSPS) is 20.3. The van der Waals surface area contributed by atoms with Gasteiger partial charge in [-0.2, -0.15) is 0 Å². The van der Waals surface area contributed by atoms with E-state index in [1.165, 1.54) is 20.5 Å². The molecular weight excluding hydrogens is 348 g/mol. The number of carbonyl (C=O) groups is 3. The second-order valence-electron chi connectivity index (χ2n) is 6.89. The molecule has 0 bridgehead atoms.